The van der Waals surface area contributed by atoms with Crippen LogP contribution < -0.4 is 9.44 Å². The quantitative estimate of drug-likeness (QED) is 0.155. The zero-order valence-electron chi connectivity index (χ0n) is 22.9. The molecule has 5 aromatic carbocycles. The van der Waals surface area contributed by atoms with Crippen molar-refractivity contribution in [1.29, 1.82) is 0 Å². The number of imidazole rings is 2. The van der Waals surface area contributed by atoms with E-state index >= 15 is 0 Å². The van der Waals surface area contributed by atoms with Crippen LogP contribution in [0.4, 0.5) is 11.4 Å². The first-order valence-corrected chi connectivity index (χ1v) is 16.5. The van der Waals surface area contributed by atoms with E-state index in [1.165, 1.54) is 24.3 Å². The fourth-order valence-corrected chi connectivity index (χ4v) is 7.07. The van der Waals surface area contributed by atoms with Gasteiger partial charge in [-0.15, -0.1) is 0 Å². The van der Waals surface area contributed by atoms with Crippen LogP contribution in [0.15, 0.2) is 131 Å². The molecule has 7 aromatic rings. The van der Waals surface area contributed by atoms with E-state index < -0.39 is 20.0 Å². The minimum absolute atomic E-state index is 0.172. The molecular weight excluding hydrogens is 597 g/mol. The van der Waals surface area contributed by atoms with Crippen LogP contribution >= 0.6 is 0 Å². The molecule has 0 aliphatic carbocycles. The van der Waals surface area contributed by atoms with Gasteiger partial charge in [-0.05, 0) is 60.7 Å². The second-order valence-electron chi connectivity index (χ2n) is 10.0. The first-order chi connectivity index (χ1) is 21.2. The molecule has 12 heteroatoms. The summed E-state index contributed by atoms with van der Waals surface area (Å²) in [5, 5.41) is 0. The van der Waals surface area contributed by atoms with Gasteiger partial charge in [0, 0.05) is 11.1 Å². The highest BCUT2D eigenvalue weighted by Gasteiger charge is 2.18. The summed E-state index contributed by atoms with van der Waals surface area (Å²) in [7, 11) is -7.49. The Kier molecular flexibility index (Phi) is 6.64. The topological polar surface area (TPSA) is 150 Å². The predicted octanol–water partition coefficient (Wildman–Crippen LogP) is 6.37. The van der Waals surface area contributed by atoms with Crippen LogP contribution in [0.3, 0.4) is 0 Å². The molecular formula is C32H24N6O4S2. The van der Waals surface area contributed by atoms with Gasteiger partial charge in [0.2, 0.25) is 0 Å². The van der Waals surface area contributed by atoms with E-state index in [0.29, 0.717) is 45.1 Å². The Balaban J connectivity index is 1.19. The molecule has 0 atom stereocenters. The minimum Gasteiger partial charge on any atom is -0.338 e. The molecule has 218 valence electrons. The zero-order chi connectivity index (χ0) is 30.3. The van der Waals surface area contributed by atoms with Crippen LogP contribution in [0.25, 0.3) is 44.8 Å². The number of hydrogen-bond acceptors (Lipinski definition) is 6. The van der Waals surface area contributed by atoms with Gasteiger partial charge in [0.25, 0.3) is 20.0 Å². The number of aromatic nitrogens is 4. The average Bonchev–Trinajstić information content (AvgIpc) is 3.65. The maximum atomic E-state index is 12.8. The predicted molar refractivity (Wildman–Crippen MR) is 171 cm³/mol. The summed E-state index contributed by atoms with van der Waals surface area (Å²) in [6.07, 6.45) is 0. The summed E-state index contributed by atoms with van der Waals surface area (Å²) < 4.78 is 56.5. The van der Waals surface area contributed by atoms with Crippen molar-refractivity contribution in [3.05, 3.63) is 121 Å². The Morgan fingerprint density at radius 2 is 0.864 bits per heavy atom. The first kappa shape index (κ1) is 27.4. The molecule has 0 saturated heterocycles. The normalized spacial score (nSPS) is 12.0. The third-order valence-electron chi connectivity index (χ3n) is 7.01. The average molecular weight is 621 g/mol. The van der Waals surface area contributed by atoms with E-state index in [1.807, 2.05) is 24.3 Å². The van der Waals surface area contributed by atoms with Crippen LogP contribution in [0.5, 0.6) is 0 Å². The lowest BCUT2D eigenvalue weighted by molar-refractivity contribution is 0.599. The lowest BCUT2D eigenvalue weighted by Gasteiger charge is -2.07. The fraction of sp³-hybridized carbons (Fsp3) is 0. The summed E-state index contributed by atoms with van der Waals surface area (Å²) in [4.78, 5) is 16.5. The lowest BCUT2D eigenvalue weighted by Crippen LogP contribution is -2.12. The van der Waals surface area contributed by atoms with Gasteiger partial charge >= 0.3 is 0 Å². The van der Waals surface area contributed by atoms with Crippen molar-refractivity contribution in [3.8, 4) is 22.8 Å². The third-order valence-corrected chi connectivity index (χ3v) is 9.81. The number of sulfonamides is 2. The Morgan fingerprint density at radius 3 is 1.27 bits per heavy atom. The minimum atomic E-state index is -3.75. The number of rotatable bonds is 8. The highest BCUT2D eigenvalue weighted by molar-refractivity contribution is 7.93. The first-order valence-electron chi connectivity index (χ1n) is 13.5. The second kappa shape index (κ2) is 10.7. The number of H-pyrrole nitrogens is 2. The van der Waals surface area contributed by atoms with E-state index in [9.17, 15) is 16.8 Å². The molecule has 4 N–H and O–H groups in total. The van der Waals surface area contributed by atoms with Gasteiger partial charge in [-0.2, -0.15) is 0 Å². The van der Waals surface area contributed by atoms with Crippen molar-refractivity contribution in [2.75, 3.05) is 9.44 Å². The largest absolute Gasteiger partial charge is 0.338 e. The summed E-state index contributed by atoms with van der Waals surface area (Å²) in [6.45, 7) is 0. The van der Waals surface area contributed by atoms with Crippen molar-refractivity contribution < 1.29 is 16.8 Å². The number of aromatic amines is 2. The molecule has 0 amide bonds. The van der Waals surface area contributed by atoms with Gasteiger partial charge in [-0.3, -0.25) is 9.44 Å². The molecule has 10 nitrogen and oxygen atoms in total. The molecule has 0 radical (unpaired) electrons. The van der Waals surface area contributed by atoms with Crippen molar-refractivity contribution >= 4 is 53.5 Å². The van der Waals surface area contributed by atoms with Crippen LogP contribution in [-0.4, -0.2) is 36.8 Å². The van der Waals surface area contributed by atoms with E-state index in [2.05, 4.69) is 19.4 Å². The summed E-state index contributed by atoms with van der Waals surface area (Å²) >= 11 is 0. The van der Waals surface area contributed by atoms with Gasteiger partial charge in [-0.25, -0.2) is 26.8 Å². The molecule has 2 heterocycles. The summed E-state index contributed by atoms with van der Waals surface area (Å²) in [5.41, 5.74) is 5.00. The highest BCUT2D eigenvalue weighted by Crippen LogP contribution is 2.32. The SMILES string of the molecule is O=S(=O)(Nc1ccc2nc(-c3ccccc3-c3nc4ccc(NS(=O)(=O)c5ccccc5)cc4[nH]3)[nH]c2c1)c1ccccc1. The maximum absolute atomic E-state index is 12.8. The van der Waals surface area contributed by atoms with Gasteiger partial charge in [0.1, 0.15) is 11.6 Å². The zero-order valence-corrected chi connectivity index (χ0v) is 24.5. The Hall–Kier alpha value is -5.46. The third kappa shape index (κ3) is 5.27. The number of anilines is 2. The fourth-order valence-electron chi connectivity index (χ4n) is 4.92. The molecule has 2 aromatic heterocycles. The lowest BCUT2D eigenvalue weighted by atomic mass is 10.1. The Labute approximate surface area is 253 Å². The van der Waals surface area contributed by atoms with Crippen LogP contribution in [0.1, 0.15) is 0 Å². The second-order valence-corrected chi connectivity index (χ2v) is 13.4. The number of fused-ring (bicyclic) bond motifs is 2. The van der Waals surface area contributed by atoms with Gasteiger partial charge in [0.05, 0.1) is 43.2 Å². The van der Waals surface area contributed by atoms with E-state index in [1.54, 1.807) is 72.8 Å². The standard InChI is InChI=1S/C32H24N6O4S2/c39-43(40,23-9-3-1-4-10-23)37-21-15-17-27-29(19-21)35-31(33-27)25-13-7-8-14-26(25)32-34-28-18-16-22(20-30(28)36-32)38-44(41,42)24-11-5-2-6-12-24/h1-20,37-38H,(H,33,35)(H,34,36). The molecule has 0 aliphatic rings. The molecule has 0 saturated carbocycles. The van der Waals surface area contributed by atoms with E-state index in [0.717, 1.165) is 11.1 Å². The molecule has 0 spiro atoms. The van der Waals surface area contributed by atoms with Crippen LogP contribution in [-0.2, 0) is 20.0 Å². The highest BCUT2D eigenvalue weighted by atomic mass is 32.2. The molecule has 0 aliphatic heterocycles. The van der Waals surface area contributed by atoms with Crippen molar-refractivity contribution in [2.45, 2.75) is 9.79 Å². The number of nitrogens with zero attached hydrogens (tertiary/aromatic N) is 2. The molecule has 44 heavy (non-hydrogen) atoms. The van der Waals surface area contributed by atoms with Crippen LogP contribution in [0, 0.1) is 0 Å². The monoisotopic (exact) mass is 620 g/mol. The summed E-state index contributed by atoms with van der Waals surface area (Å²) in [5.74, 6) is 1.16. The van der Waals surface area contributed by atoms with Crippen LogP contribution in [0.2, 0.25) is 0 Å². The number of hydrogen-bond donors (Lipinski definition) is 4. The molecule has 7 rings (SSSR count). The van der Waals surface area contributed by atoms with E-state index in [-0.39, 0.29) is 9.79 Å². The van der Waals surface area contributed by atoms with Gasteiger partial charge in [-0.1, -0.05) is 60.7 Å². The molecule has 0 fully saturated rings. The summed E-state index contributed by atoms with van der Waals surface area (Å²) in [6, 6.07) is 34.2. The number of nitrogens with one attached hydrogen (secondary N) is 4. The Morgan fingerprint density at radius 1 is 0.477 bits per heavy atom. The van der Waals surface area contributed by atoms with Crippen molar-refractivity contribution in [3.63, 3.8) is 0 Å². The molecule has 0 unspecified atom stereocenters. The van der Waals surface area contributed by atoms with E-state index in [4.69, 9.17) is 9.97 Å². The smallest absolute Gasteiger partial charge is 0.261 e. The Bertz CT molecular complexity index is 2200. The van der Waals surface area contributed by atoms with Gasteiger partial charge < -0.3 is 9.97 Å². The number of benzene rings is 5. The molecule has 0 bridgehead atoms. The van der Waals surface area contributed by atoms with Crippen molar-refractivity contribution in [2.24, 2.45) is 0 Å². The van der Waals surface area contributed by atoms with Gasteiger partial charge in [0.15, 0.2) is 0 Å². The van der Waals surface area contributed by atoms with Crippen molar-refractivity contribution in [1.82, 2.24) is 19.9 Å². The maximum Gasteiger partial charge on any atom is 0.261 e.